The van der Waals surface area contributed by atoms with Crippen molar-refractivity contribution in [1.82, 2.24) is 0 Å². The largest absolute Gasteiger partial charge is 0.496 e. The monoisotopic (exact) mass is 434 g/mol. The molecule has 2 aromatic rings. The summed E-state index contributed by atoms with van der Waals surface area (Å²) in [6.45, 7) is 8.92. The van der Waals surface area contributed by atoms with Gasteiger partial charge in [0, 0.05) is 60.8 Å². The predicted molar refractivity (Wildman–Crippen MR) is 135 cm³/mol. The Labute approximate surface area is 193 Å². The maximum absolute atomic E-state index is 5.82. The molecule has 2 aliphatic heterocycles. The van der Waals surface area contributed by atoms with Gasteiger partial charge in [0.1, 0.15) is 11.5 Å². The number of nitrogens with zero attached hydrogens (tertiary/aromatic N) is 2. The lowest BCUT2D eigenvalue weighted by atomic mass is 9.96. The van der Waals surface area contributed by atoms with Crippen molar-refractivity contribution in [1.29, 1.82) is 0 Å². The maximum atomic E-state index is 5.82. The van der Waals surface area contributed by atoms with Crippen LogP contribution in [0.3, 0.4) is 0 Å². The molecule has 0 spiro atoms. The highest BCUT2D eigenvalue weighted by molar-refractivity contribution is 5.85. The van der Waals surface area contributed by atoms with E-state index in [-0.39, 0.29) is 0 Å². The first kappa shape index (κ1) is 22.6. The molecule has 172 valence electrons. The van der Waals surface area contributed by atoms with Crippen molar-refractivity contribution in [3.63, 3.8) is 0 Å². The number of anilines is 2. The fraction of sp³-hybridized carbons (Fsp3) is 0.500. The van der Waals surface area contributed by atoms with Crippen LogP contribution in [-0.2, 0) is 0 Å². The molecule has 0 aliphatic carbocycles. The first-order valence-corrected chi connectivity index (χ1v) is 12.3. The number of ether oxygens (including phenoxy) is 2. The first-order valence-electron chi connectivity index (χ1n) is 12.3. The Morgan fingerprint density at radius 1 is 0.625 bits per heavy atom. The number of hydrogen-bond acceptors (Lipinski definition) is 4. The van der Waals surface area contributed by atoms with Gasteiger partial charge in [-0.05, 0) is 55.5 Å². The second kappa shape index (κ2) is 10.8. The van der Waals surface area contributed by atoms with E-state index in [1.807, 2.05) is 0 Å². The lowest BCUT2D eigenvalue weighted by molar-refractivity contribution is 0.411. The van der Waals surface area contributed by atoms with Crippen molar-refractivity contribution in [3.05, 3.63) is 54.1 Å². The molecule has 4 heteroatoms. The van der Waals surface area contributed by atoms with Crippen molar-refractivity contribution in [2.45, 2.75) is 51.4 Å². The van der Waals surface area contributed by atoms with Crippen LogP contribution < -0.4 is 19.3 Å². The molecule has 0 atom stereocenters. The topological polar surface area (TPSA) is 24.9 Å². The lowest BCUT2D eigenvalue weighted by Gasteiger charge is -2.25. The van der Waals surface area contributed by atoms with E-state index in [9.17, 15) is 0 Å². The summed E-state index contributed by atoms with van der Waals surface area (Å²) in [5.41, 5.74) is 5.45. The minimum atomic E-state index is 0.871. The van der Waals surface area contributed by atoms with Crippen molar-refractivity contribution >= 4 is 16.9 Å². The van der Waals surface area contributed by atoms with Gasteiger partial charge in [0.2, 0.25) is 0 Å². The van der Waals surface area contributed by atoms with Crippen LogP contribution in [0, 0.1) is 0 Å². The van der Waals surface area contributed by atoms with Gasteiger partial charge < -0.3 is 19.3 Å². The van der Waals surface area contributed by atoms with Gasteiger partial charge in [0.25, 0.3) is 0 Å². The van der Waals surface area contributed by atoms with E-state index in [1.54, 1.807) is 14.2 Å². The molecule has 0 unspecified atom stereocenters. The quantitative estimate of drug-likeness (QED) is 0.516. The Balaban J connectivity index is 1.60. The molecule has 0 radical (unpaired) electrons. The maximum Gasteiger partial charge on any atom is 0.128 e. The summed E-state index contributed by atoms with van der Waals surface area (Å²) >= 11 is 0. The van der Waals surface area contributed by atoms with Gasteiger partial charge in [-0.1, -0.05) is 32.3 Å². The summed E-state index contributed by atoms with van der Waals surface area (Å²) in [6, 6.07) is 13.1. The zero-order valence-electron chi connectivity index (χ0n) is 19.9. The fourth-order valence-corrected chi connectivity index (χ4v) is 5.05. The van der Waals surface area contributed by atoms with Crippen molar-refractivity contribution in [3.8, 4) is 11.5 Å². The summed E-state index contributed by atoms with van der Waals surface area (Å²) in [6.07, 6.45) is 10.4. The molecule has 0 bridgehead atoms. The molecule has 0 amide bonds. The van der Waals surface area contributed by atoms with Crippen molar-refractivity contribution < 1.29 is 9.47 Å². The summed E-state index contributed by atoms with van der Waals surface area (Å²) in [5.74, 6) is 1.74. The molecule has 2 heterocycles. The van der Waals surface area contributed by atoms with E-state index in [4.69, 9.17) is 9.47 Å². The Kier molecular flexibility index (Phi) is 7.62. The molecule has 32 heavy (non-hydrogen) atoms. The third-order valence-electron chi connectivity index (χ3n) is 6.96. The highest BCUT2D eigenvalue weighted by Gasteiger charge is 2.18. The zero-order chi connectivity index (χ0) is 22.3. The highest BCUT2D eigenvalue weighted by Crippen LogP contribution is 2.38. The van der Waals surface area contributed by atoms with E-state index >= 15 is 0 Å². The minimum Gasteiger partial charge on any atom is -0.496 e. The summed E-state index contributed by atoms with van der Waals surface area (Å²) in [5, 5.41) is 0. The SMILES string of the molecule is C=C(c1ccc(N2CCCCCC2)cc1OC)c1ccc(N2CCCCCC2)cc1OC. The Morgan fingerprint density at radius 3 is 1.34 bits per heavy atom. The van der Waals surface area contributed by atoms with E-state index in [2.05, 4.69) is 52.8 Å². The molecule has 2 fully saturated rings. The molecular formula is C28H38N2O2. The normalized spacial score (nSPS) is 17.4. The smallest absolute Gasteiger partial charge is 0.128 e. The van der Waals surface area contributed by atoms with Crippen LogP contribution in [0.25, 0.3) is 5.57 Å². The second-order valence-electron chi connectivity index (χ2n) is 9.05. The molecule has 0 N–H and O–H groups in total. The van der Waals surface area contributed by atoms with Crippen molar-refractivity contribution in [2.75, 3.05) is 50.2 Å². The van der Waals surface area contributed by atoms with Crippen LogP contribution in [0.4, 0.5) is 11.4 Å². The molecule has 4 nitrogen and oxygen atoms in total. The lowest BCUT2D eigenvalue weighted by Crippen LogP contribution is -2.24. The van der Waals surface area contributed by atoms with Crippen LogP contribution in [0.1, 0.15) is 62.5 Å². The predicted octanol–water partition coefficient (Wildman–Crippen LogP) is 6.53. The van der Waals surface area contributed by atoms with Gasteiger partial charge in [-0.3, -0.25) is 0 Å². The second-order valence-corrected chi connectivity index (χ2v) is 9.05. The third kappa shape index (κ3) is 5.06. The van der Waals surface area contributed by atoms with E-state index < -0.39 is 0 Å². The van der Waals surface area contributed by atoms with E-state index in [1.165, 1.54) is 62.7 Å². The van der Waals surface area contributed by atoms with Gasteiger partial charge in [-0.15, -0.1) is 0 Å². The number of rotatable bonds is 6. The molecule has 2 aliphatic rings. The van der Waals surface area contributed by atoms with Gasteiger partial charge in [0.05, 0.1) is 14.2 Å². The number of methoxy groups -OCH3 is 2. The van der Waals surface area contributed by atoms with Gasteiger partial charge >= 0.3 is 0 Å². The zero-order valence-corrected chi connectivity index (χ0v) is 19.9. The average molecular weight is 435 g/mol. The van der Waals surface area contributed by atoms with Crippen LogP contribution in [-0.4, -0.2) is 40.4 Å². The highest BCUT2D eigenvalue weighted by atomic mass is 16.5. The molecular weight excluding hydrogens is 396 g/mol. The fourth-order valence-electron chi connectivity index (χ4n) is 5.05. The molecule has 0 saturated carbocycles. The van der Waals surface area contributed by atoms with Crippen LogP contribution in [0.5, 0.6) is 11.5 Å². The van der Waals surface area contributed by atoms with Crippen molar-refractivity contribution in [2.24, 2.45) is 0 Å². The third-order valence-corrected chi connectivity index (χ3v) is 6.96. The number of benzene rings is 2. The minimum absolute atomic E-state index is 0.871. The van der Waals surface area contributed by atoms with Gasteiger partial charge in [0.15, 0.2) is 0 Å². The molecule has 2 saturated heterocycles. The molecule has 2 aromatic carbocycles. The Hall–Kier alpha value is -2.62. The average Bonchev–Trinajstić information content (AvgIpc) is 3.28. The molecule has 0 aromatic heterocycles. The van der Waals surface area contributed by atoms with Crippen LogP contribution in [0.2, 0.25) is 0 Å². The Morgan fingerprint density at radius 2 is 1.00 bits per heavy atom. The molecule has 4 rings (SSSR count). The van der Waals surface area contributed by atoms with Gasteiger partial charge in [-0.25, -0.2) is 0 Å². The Bertz CT molecular complexity index is 834. The van der Waals surface area contributed by atoms with Gasteiger partial charge in [-0.2, -0.15) is 0 Å². The standard InChI is InChI=1S/C28H38N2O2/c1-22(25-14-12-23(20-27(25)31-2)29-16-8-4-5-9-17-29)26-15-13-24(21-28(26)32-3)30-18-10-6-7-11-19-30/h12-15,20-21H,1,4-11,16-19H2,2-3H3. The van der Waals surface area contributed by atoms with Crippen LogP contribution in [0.15, 0.2) is 43.0 Å². The summed E-state index contributed by atoms with van der Waals surface area (Å²) < 4.78 is 11.6. The van der Waals surface area contributed by atoms with Crippen LogP contribution >= 0.6 is 0 Å². The summed E-state index contributed by atoms with van der Waals surface area (Å²) in [4.78, 5) is 4.97. The summed E-state index contributed by atoms with van der Waals surface area (Å²) in [7, 11) is 3.50. The first-order chi connectivity index (χ1) is 15.7. The number of hydrogen-bond donors (Lipinski definition) is 0. The van der Waals surface area contributed by atoms with E-state index in [0.29, 0.717) is 0 Å². The van der Waals surface area contributed by atoms with E-state index in [0.717, 1.165) is 54.4 Å².